The van der Waals surface area contributed by atoms with Crippen molar-refractivity contribution in [2.75, 3.05) is 6.54 Å². The van der Waals surface area contributed by atoms with E-state index in [1.54, 1.807) is 11.1 Å². The smallest absolute Gasteiger partial charge is 0.0409 e. The summed E-state index contributed by atoms with van der Waals surface area (Å²) in [7, 11) is 0. The lowest BCUT2D eigenvalue weighted by molar-refractivity contribution is 0.340. The maximum atomic E-state index is 3.74. The van der Waals surface area contributed by atoms with E-state index in [-0.39, 0.29) is 5.54 Å². The van der Waals surface area contributed by atoms with Crippen molar-refractivity contribution in [1.29, 1.82) is 0 Å². The molecular formula is C18H27N. The normalized spacial score (nSPS) is 35.5. The molecule has 104 valence electrons. The summed E-state index contributed by atoms with van der Waals surface area (Å²) in [6, 6.07) is 9.21. The van der Waals surface area contributed by atoms with Gasteiger partial charge in [0.1, 0.15) is 0 Å². The van der Waals surface area contributed by atoms with Gasteiger partial charge >= 0.3 is 0 Å². The maximum absolute atomic E-state index is 3.74. The second-order valence-electron chi connectivity index (χ2n) is 6.91. The molecule has 1 atom stereocenters. The van der Waals surface area contributed by atoms with Crippen LogP contribution >= 0.6 is 0 Å². The van der Waals surface area contributed by atoms with Gasteiger partial charge in [0, 0.05) is 5.54 Å². The molecule has 0 radical (unpaired) electrons. The van der Waals surface area contributed by atoms with E-state index in [4.69, 9.17) is 0 Å². The Kier molecular flexibility index (Phi) is 3.66. The van der Waals surface area contributed by atoms with E-state index in [9.17, 15) is 0 Å². The third-order valence-electron chi connectivity index (χ3n) is 5.38. The zero-order chi connectivity index (χ0) is 13.3. The summed E-state index contributed by atoms with van der Waals surface area (Å²) in [6.45, 7) is 5.97. The molecule has 1 heterocycles. The van der Waals surface area contributed by atoms with Crippen molar-refractivity contribution in [2.45, 2.75) is 63.8 Å². The molecule has 19 heavy (non-hydrogen) atoms. The zero-order valence-corrected chi connectivity index (χ0v) is 12.4. The number of benzene rings is 1. The average molecular weight is 257 g/mol. The minimum atomic E-state index is 0.222. The van der Waals surface area contributed by atoms with E-state index in [1.807, 2.05) is 0 Å². The quantitative estimate of drug-likeness (QED) is 0.817. The molecule has 2 aliphatic rings. The molecule has 0 spiro atoms. The predicted octanol–water partition coefficient (Wildman–Crippen LogP) is 4.58. The molecule has 1 aromatic rings. The molecule has 1 aliphatic carbocycles. The van der Waals surface area contributed by atoms with Crippen LogP contribution in [-0.2, 0) is 5.54 Å². The fourth-order valence-electron chi connectivity index (χ4n) is 4.05. The van der Waals surface area contributed by atoms with Crippen molar-refractivity contribution >= 4 is 0 Å². The van der Waals surface area contributed by atoms with Crippen molar-refractivity contribution < 1.29 is 0 Å². The van der Waals surface area contributed by atoms with Crippen LogP contribution in [0.5, 0.6) is 0 Å². The molecule has 1 aromatic carbocycles. The predicted molar refractivity (Wildman–Crippen MR) is 81.4 cm³/mol. The third kappa shape index (κ3) is 2.58. The van der Waals surface area contributed by atoms with Crippen LogP contribution in [0.2, 0.25) is 0 Å². The maximum Gasteiger partial charge on any atom is 0.0409 e. The zero-order valence-electron chi connectivity index (χ0n) is 12.4. The summed E-state index contributed by atoms with van der Waals surface area (Å²) in [5, 5.41) is 3.74. The standard InChI is InChI=1S/C18H27N/c1-14-8-10-15(11-9-14)16-6-3-4-7-17(16)18(2)12-5-13-19-18/h3-4,6-7,14-15,19H,5,8-13H2,1-2H3. The van der Waals surface area contributed by atoms with Crippen LogP contribution < -0.4 is 5.32 Å². The first kappa shape index (κ1) is 13.2. The molecule has 1 unspecified atom stereocenters. The lowest BCUT2D eigenvalue weighted by Gasteiger charge is -2.33. The number of hydrogen-bond acceptors (Lipinski definition) is 1. The highest BCUT2D eigenvalue weighted by Crippen LogP contribution is 2.41. The monoisotopic (exact) mass is 257 g/mol. The van der Waals surface area contributed by atoms with E-state index < -0.39 is 0 Å². The van der Waals surface area contributed by atoms with Gasteiger partial charge in [0.05, 0.1) is 0 Å². The lowest BCUT2D eigenvalue weighted by atomic mass is 9.75. The summed E-state index contributed by atoms with van der Waals surface area (Å²) >= 11 is 0. The van der Waals surface area contributed by atoms with E-state index >= 15 is 0 Å². The van der Waals surface area contributed by atoms with Crippen LogP contribution in [0.1, 0.15) is 69.4 Å². The van der Waals surface area contributed by atoms with Gasteiger partial charge in [0.2, 0.25) is 0 Å². The molecule has 1 aliphatic heterocycles. The minimum Gasteiger partial charge on any atom is -0.308 e. The van der Waals surface area contributed by atoms with Crippen LogP contribution in [0, 0.1) is 5.92 Å². The first-order valence-electron chi connectivity index (χ1n) is 8.03. The van der Waals surface area contributed by atoms with Gasteiger partial charge in [-0.05, 0) is 62.1 Å². The number of hydrogen-bond donors (Lipinski definition) is 1. The highest BCUT2D eigenvalue weighted by Gasteiger charge is 2.33. The topological polar surface area (TPSA) is 12.0 Å². The molecule has 1 N–H and O–H groups in total. The largest absolute Gasteiger partial charge is 0.308 e. The van der Waals surface area contributed by atoms with Crippen LogP contribution in [0.3, 0.4) is 0 Å². The van der Waals surface area contributed by atoms with Crippen molar-refractivity contribution in [3.05, 3.63) is 35.4 Å². The fraction of sp³-hybridized carbons (Fsp3) is 0.667. The Morgan fingerprint density at radius 1 is 1.11 bits per heavy atom. The molecule has 0 amide bonds. The van der Waals surface area contributed by atoms with Gasteiger partial charge in [-0.2, -0.15) is 0 Å². The van der Waals surface area contributed by atoms with Crippen LogP contribution in [0.25, 0.3) is 0 Å². The Balaban J connectivity index is 1.89. The Hall–Kier alpha value is -0.820. The Morgan fingerprint density at radius 3 is 2.53 bits per heavy atom. The average Bonchev–Trinajstić information content (AvgIpc) is 2.88. The molecule has 3 rings (SSSR count). The molecular weight excluding hydrogens is 230 g/mol. The first-order chi connectivity index (χ1) is 9.19. The Bertz CT molecular complexity index is 423. The second kappa shape index (κ2) is 5.28. The van der Waals surface area contributed by atoms with E-state index in [2.05, 4.69) is 43.4 Å². The van der Waals surface area contributed by atoms with Gasteiger partial charge < -0.3 is 5.32 Å². The highest BCUT2D eigenvalue weighted by atomic mass is 15.0. The van der Waals surface area contributed by atoms with E-state index in [1.165, 1.54) is 45.1 Å². The third-order valence-corrected chi connectivity index (χ3v) is 5.38. The van der Waals surface area contributed by atoms with Crippen LogP contribution in [0.15, 0.2) is 24.3 Å². The van der Waals surface area contributed by atoms with Crippen molar-refractivity contribution in [3.63, 3.8) is 0 Å². The summed E-state index contributed by atoms with van der Waals surface area (Å²) in [5.41, 5.74) is 3.43. The van der Waals surface area contributed by atoms with Crippen LogP contribution in [-0.4, -0.2) is 6.54 Å². The summed E-state index contributed by atoms with van der Waals surface area (Å²) < 4.78 is 0. The highest BCUT2D eigenvalue weighted by molar-refractivity contribution is 5.37. The van der Waals surface area contributed by atoms with Crippen molar-refractivity contribution in [1.82, 2.24) is 5.32 Å². The first-order valence-corrected chi connectivity index (χ1v) is 8.03. The van der Waals surface area contributed by atoms with Crippen LogP contribution in [0.4, 0.5) is 0 Å². The SMILES string of the molecule is CC1CCC(c2ccccc2C2(C)CCCN2)CC1. The van der Waals surface area contributed by atoms with Gasteiger partial charge in [0.15, 0.2) is 0 Å². The molecule has 1 heteroatoms. The molecule has 1 nitrogen and oxygen atoms in total. The van der Waals surface area contributed by atoms with Gasteiger partial charge in [-0.1, -0.05) is 44.0 Å². The van der Waals surface area contributed by atoms with E-state index in [0.29, 0.717) is 0 Å². The van der Waals surface area contributed by atoms with Gasteiger partial charge in [-0.25, -0.2) is 0 Å². The molecule has 0 aromatic heterocycles. The van der Waals surface area contributed by atoms with Gasteiger partial charge in [-0.15, -0.1) is 0 Å². The van der Waals surface area contributed by atoms with Gasteiger partial charge in [0.25, 0.3) is 0 Å². The molecule has 0 bridgehead atoms. The fourth-order valence-corrected chi connectivity index (χ4v) is 4.05. The lowest BCUT2D eigenvalue weighted by Crippen LogP contribution is -2.34. The van der Waals surface area contributed by atoms with Crippen molar-refractivity contribution in [3.8, 4) is 0 Å². The van der Waals surface area contributed by atoms with Crippen molar-refractivity contribution in [2.24, 2.45) is 5.92 Å². The van der Waals surface area contributed by atoms with E-state index in [0.717, 1.165) is 11.8 Å². The second-order valence-corrected chi connectivity index (χ2v) is 6.91. The summed E-state index contributed by atoms with van der Waals surface area (Å²) in [4.78, 5) is 0. The minimum absolute atomic E-state index is 0.222. The van der Waals surface area contributed by atoms with Gasteiger partial charge in [-0.3, -0.25) is 0 Å². The number of rotatable bonds is 2. The molecule has 1 saturated heterocycles. The summed E-state index contributed by atoms with van der Waals surface area (Å²) in [6.07, 6.45) is 8.18. The number of nitrogens with one attached hydrogen (secondary N) is 1. The molecule has 2 fully saturated rings. The Morgan fingerprint density at radius 2 is 1.84 bits per heavy atom. The summed E-state index contributed by atoms with van der Waals surface area (Å²) in [5.74, 6) is 1.73. The Labute approximate surface area is 117 Å². The molecule has 1 saturated carbocycles.